The number of nitrogens with one attached hydrogen (secondary N) is 1. The number of carbonyl (C=O) groups is 1. The molecule has 0 radical (unpaired) electrons. The molecule has 1 amide bonds. The number of amides is 1. The van der Waals surface area contributed by atoms with Crippen molar-refractivity contribution < 1.29 is 23.9 Å². The van der Waals surface area contributed by atoms with Crippen LogP contribution >= 0.6 is 0 Å². The Morgan fingerprint density at radius 1 is 1.33 bits per heavy atom. The molecule has 1 aliphatic heterocycles. The topological polar surface area (TPSA) is 77.0 Å². The van der Waals surface area contributed by atoms with E-state index in [2.05, 4.69) is 26.1 Å². The number of carboxylic acid groups (broad SMARTS) is 1. The van der Waals surface area contributed by atoms with Crippen LogP contribution in [0.15, 0.2) is 24.3 Å². The van der Waals surface area contributed by atoms with Gasteiger partial charge in [-0.1, -0.05) is 26.0 Å². The van der Waals surface area contributed by atoms with Crippen molar-refractivity contribution in [1.82, 2.24) is 5.32 Å². The maximum absolute atomic E-state index is 11.4. The molecule has 4 fully saturated rings. The molecular weight excluding hydrogens is 345 g/mol. The summed E-state index contributed by atoms with van der Waals surface area (Å²) in [6.45, 7) is 6.77. The molecule has 6 nitrogen and oxygen atoms in total. The molecule has 1 aromatic carbocycles. The van der Waals surface area contributed by atoms with Gasteiger partial charge in [0.1, 0.15) is 5.75 Å². The highest BCUT2D eigenvalue weighted by Gasteiger charge is 2.68. The molecule has 2 bridgehead atoms. The van der Waals surface area contributed by atoms with Crippen LogP contribution in [0.5, 0.6) is 5.75 Å². The molecule has 5 rings (SSSR count). The molecule has 3 saturated carbocycles. The zero-order valence-corrected chi connectivity index (χ0v) is 16.4. The highest BCUT2D eigenvalue weighted by Crippen LogP contribution is 2.65. The molecule has 0 aromatic heterocycles. The predicted molar refractivity (Wildman–Crippen MR) is 102 cm³/mol. The van der Waals surface area contributed by atoms with Crippen LogP contribution in [0, 0.1) is 17.3 Å². The van der Waals surface area contributed by atoms with Crippen LogP contribution in [-0.2, 0) is 15.7 Å². The van der Waals surface area contributed by atoms with E-state index in [1.54, 1.807) is 7.11 Å². The molecule has 1 unspecified atom stereocenters. The summed E-state index contributed by atoms with van der Waals surface area (Å²) in [5, 5.41) is 11.9. The highest BCUT2D eigenvalue weighted by molar-refractivity contribution is 6.47. The van der Waals surface area contributed by atoms with Gasteiger partial charge in [0.2, 0.25) is 0 Å². The van der Waals surface area contributed by atoms with E-state index in [1.165, 1.54) is 6.42 Å². The van der Waals surface area contributed by atoms with Crippen molar-refractivity contribution >= 4 is 13.2 Å². The smallest absolute Gasteiger partial charge is 0.482 e. The van der Waals surface area contributed by atoms with Gasteiger partial charge in [0.25, 0.3) is 0 Å². The van der Waals surface area contributed by atoms with Crippen molar-refractivity contribution in [2.45, 2.75) is 57.7 Å². The first kappa shape index (κ1) is 18.6. The second-order valence-electron chi connectivity index (χ2n) is 8.95. The van der Waals surface area contributed by atoms with E-state index in [-0.39, 0.29) is 17.1 Å². The minimum atomic E-state index is -1.06. The van der Waals surface area contributed by atoms with Gasteiger partial charge in [-0.05, 0) is 61.1 Å². The zero-order chi connectivity index (χ0) is 19.4. The summed E-state index contributed by atoms with van der Waals surface area (Å²) in [5.74, 6) is 1.43. The summed E-state index contributed by atoms with van der Waals surface area (Å²) >= 11 is 0. The maximum Gasteiger partial charge on any atom is 0.482 e. The molecule has 3 aliphatic carbocycles. The molecule has 2 N–H and O–H groups in total. The summed E-state index contributed by atoms with van der Waals surface area (Å²) < 4.78 is 17.9. The Bertz CT molecular complexity index is 724. The Kier molecular flexibility index (Phi) is 4.43. The number of ether oxygens (including phenoxy) is 1. The summed E-state index contributed by atoms with van der Waals surface area (Å²) in [4.78, 5) is 11.4. The lowest BCUT2D eigenvalue weighted by molar-refractivity contribution is -0.199. The zero-order valence-electron chi connectivity index (χ0n) is 16.4. The van der Waals surface area contributed by atoms with Gasteiger partial charge in [0.15, 0.2) is 0 Å². The monoisotopic (exact) mass is 373 g/mol. The summed E-state index contributed by atoms with van der Waals surface area (Å²) in [5.41, 5.74) is 0.919. The van der Waals surface area contributed by atoms with E-state index in [1.807, 2.05) is 24.3 Å². The first-order valence-corrected chi connectivity index (χ1v) is 9.69. The normalized spacial score (nSPS) is 34.4. The van der Waals surface area contributed by atoms with Crippen molar-refractivity contribution in [3.8, 4) is 5.75 Å². The van der Waals surface area contributed by atoms with Gasteiger partial charge in [-0.25, -0.2) is 4.79 Å². The molecule has 27 heavy (non-hydrogen) atoms. The Morgan fingerprint density at radius 2 is 2.04 bits per heavy atom. The fourth-order valence-corrected chi connectivity index (χ4v) is 5.46. The van der Waals surface area contributed by atoms with Crippen molar-refractivity contribution in [3.63, 3.8) is 0 Å². The molecule has 4 aliphatic rings. The van der Waals surface area contributed by atoms with E-state index in [4.69, 9.17) is 14.0 Å². The average Bonchev–Trinajstić information content (AvgIpc) is 2.98. The molecule has 0 spiro atoms. The van der Waals surface area contributed by atoms with Gasteiger partial charge in [0.05, 0.1) is 24.8 Å². The van der Waals surface area contributed by atoms with E-state index in [0.29, 0.717) is 18.3 Å². The quantitative estimate of drug-likeness (QED) is 0.776. The predicted octanol–water partition coefficient (Wildman–Crippen LogP) is 3.14. The van der Waals surface area contributed by atoms with Crippen LogP contribution in [0.4, 0.5) is 4.79 Å². The highest BCUT2D eigenvalue weighted by atomic mass is 16.7. The lowest BCUT2D eigenvalue weighted by atomic mass is 9.43. The van der Waals surface area contributed by atoms with E-state index < -0.39 is 19.2 Å². The SMILES string of the molecule is COc1ccc(CC(NC(=O)O)B2O[C@@H]3C[C@@H]4C[C@@H](C4(C)C)[C@]3(C)O2)cc1. The molecule has 1 heterocycles. The Morgan fingerprint density at radius 3 is 2.63 bits per heavy atom. The van der Waals surface area contributed by atoms with E-state index >= 15 is 0 Å². The third-order valence-electron chi connectivity index (χ3n) is 7.22. The van der Waals surface area contributed by atoms with Gasteiger partial charge in [-0.2, -0.15) is 0 Å². The summed E-state index contributed by atoms with van der Waals surface area (Å²) in [7, 11) is 1.05. The average molecular weight is 373 g/mol. The lowest BCUT2D eigenvalue weighted by Crippen LogP contribution is -2.65. The number of benzene rings is 1. The first-order valence-electron chi connectivity index (χ1n) is 9.69. The molecule has 5 atom stereocenters. The van der Waals surface area contributed by atoms with Crippen LogP contribution in [0.1, 0.15) is 39.2 Å². The van der Waals surface area contributed by atoms with Crippen LogP contribution in [-0.4, -0.2) is 43.1 Å². The van der Waals surface area contributed by atoms with Crippen LogP contribution in [0.25, 0.3) is 0 Å². The van der Waals surface area contributed by atoms with E-state index in [9.17, 15) is 9.90 Å². The lowest BCUT2D eigenvalue weighted by Gasteiger charge is -2.64. The van der Waals surface area contributed by atoms with Gasteiger partial charge in [-0.3, -0.25) is 0 Å². The van der Waals surface area contributed by atoms with Crippen molar-refractivity contribution in [2.24, 2.45) is 17.3 Å². The van der Waals surface area contributed by atoms with Crippen LogP contribution < -0.4 is 10.1 Å². The number of rotatable bonds is 5. The fourth-order valence-electron chi connectivity index (χ4n) is 5.46. The Hall–Kier alpha value is -1.73. The van der Waals surface area contributed by atoms with Crippen LogP contribution in [0.3, 0.4) is 0 Å². The number of methoxy groups -OCH3 is 1. The largest absolute Gasteiger partial charge is 0.497 e. The van der Waals surface area contributed by atoms with Crippen molar-refractivity contribution in [3.05, 3.63) is 29.8 Å². The van der Waals surface area contributed by atoms with Crippen LogP contribution in [0.2, 0.25) is 0 Å². The Labute approximate surface area is 160 Å². The van der Waals surface area contributed by atoms with Gasteiger partial charge >= 0.3 is 13.2 Å². The molecule has 7 heteroatoms. The fraction of sp³-hybridized carbons (Fsp3) is 0.650. The molecule has 1 saturated heterocycles. The Balaban J connectivity index is 1.52. The van der Waals surface area contributed by atoms with Gasteiger partial charge in [-0.15, -0.1) is 0 Å². The van der Waals surface area contributed by atoms with Crippen molar-refractivity contribution in [1.29, 1.82) is 0 Å². The first-order chi connectivity index (χ1) is 12.7. The third-order valence-corrected chi connectivity index (χ3v) is 7.22. The summed E-state index contributed by atoms with van der Waals surface area (Å²) in [6, 6.07) is 7.64. The summed E-state index contributed by atoms with van der Waals surface area (Å²) in [6.07, 6.45) is 1.63. The molecule has 146 valence electrons. The van der Waals surface area contributed by atoms with E-state index in [0.717, 1.165) is 17.7 Å². The molecular formula is C20H28BNO5. The molecule has 1 aromatic rings. The second kappa shape index (κ2) is 6.42. The third kappa shape index (κ3) is 3.01. The minimum Gasteiger partial charge on any atom is -0.497 e. The number of hydrogen-bond donors (Lipinski definition) is 2. The minimum absolute atomic E-state index is 0.0354. The van der Waals surface area contributed by atoms with Crippen molar-refractivity contribution in [2.75, 3.05) is 7.11 Å². The van der Waals surface area contributed by atoms with Gasteiger partial charge < -0.3 is 24.5 Å². The van der Waals surface area contributed by atoms with Gasteiger partial charge in [0, 0.05) is 0 Å². The second-order valence-corrected chi connectivity index (χ2v) is 8.95. The number of hydrogen-bond acceptors (Lipinski definition) is 4. The standard InChI is InChI=1S/C20H28BNO5/c1-19(2)13-10-15(19)20(3)16(11-13)26-21(27-20)17(22-18(23)24)9-12-5-7-14(25-4)8-6-12/h5-8,13,15-17,22H,9-11H2,1-4H3,(H,23,24)/t13-,15-,16+,17?,20-/m0/s1. The maximum atomic E-state index is 11.4.